The first kappa shape index (κ1) is 17.3. The maximum atomic E-state index is 12.3. The molecule has 1 amide bonds. The van der Waals surface area contributed by atoms with Crippen LogP contribution in [0.25, 0.3) is 0 Å². The minimum atomic E-state index is -0.258. The Morgan fingerprint density at radius 3 is 2.42 bits per heavy atom. The Labute approximate surface area is 152 Å². The number of carbonyl (C=O) groups excluding carboxylic acids is 1. The molecule has 0 unspecified atom stereocenters. The summed E-state index contributed by atoms with van der Waals surface area (Å²) >= 11 is 12.0. The fourth-order valence-corrected chi connectivity index (χ4v) is 3.31. The molecule has 1 fully saturated rings. The van der Waals surface area contributed by atoms with Crippen LogP contribution in [0.1, 0.15) is 35.2 Å². The molecule has 0 spiro atoms. The maximum absolute atomic E-state index is 12.3. The Morgan fingerprint density at radius 2 is 1.71 bits per heavy atom. The molecule has 2 aromatic carbocycles. The number of carbonyl (C=O) groups is 1. The van der Waals surface area contributed by atoms with Gasteiger partial charge in [0, 0.05) is 17.3 Å². The van der Waals surface area contributed by atoms with Crippen molar-refractivity contribution in [3.8, 4) is 0 Å². The molecule has 5 heteroatoms. The average molecular weight is 363 g/mol. The lowest BCUT2D eigenvalue weighted by Crippen LogP contribution is -2.29. The molecule has 0 aromatic heterocycles. The van der Waals surface area contributed by atoms with E-state index < -0.39 is 0 Å². The van der Waals surface area contributed by atoms with E-state index in [4.69, 9.17) is 23.2 Å². The zero-order valence-corrected chi connectivity index (χ0v) is 14.9. The summed E-state index contributed by atoms with van der Waals surface area (Å²) in [4.78, 5) is 14.8. The van der Waals surface area contributed by atoms with Gasteiger partial charge in [-0.1, -0.05) is 41.8 Å². The van der Waals surface area contributed by atoms with Crippen molar-refractivity contribution in [2.75, 3.05) is 18.4 Å². The second-order valence-corrected chi connectivity index (χ2v) is 6.96. The lowest BCUT2D eigenvalue weighted by Gasteiger charge is -2.26. The maximum Gasteiger partial charge on any atom is 0.257 e. The van der Waals surface area contributed by atoms with Crippen molar-refractivity contribution in [1.82, 2.24) is 4.90 Å². The van der Waals surface area contributed by atoms with E-state index in [1.54, 1.807) is 18.2 Å². The Balaban J connectivity index is 1.63. The molecule has 1 saturated heterocycles. The minimum absolute atomic E-state index is 0.258. The predicted octanol–water partition coefficient (Wildman–Crippen LogP) is 5.23. The molecule has 1 aliphatic heterocycles. The largest absolute Gasteiger partial charge is 0.322 e. The number of piperidine rings is 1. The molecule has 0 aliphatic carbocycles. The molecule has 1 aliphatic rings. The first-order valence-electron chi connectivity index (χ1n) is 8.19. The zero-order chi connectivity index (χ0) is 16.9. The normalized spacial score (nSPS) is 15.2. The Hall–Kier alpha value is -1.55. The van der Waals surface area contributed by atoms with Crippen molar-refractivity contribution in [1.29, 1.82) is 0 Å². The van der Waals surface area contributed by atoms with Gasteiger partial charge in [0.1, 0.15) is 0 Å². The van der Waals surface area contributed by atoms with Gasteiger partial charge in [-0.15, -0.1) is 0 Å². The Kier molecular flexibility index (Phi) is 5.77. The smallest absolute Gasteiger partial charge is 0.257 e. The van der Waals surface area contributed by atoms with Crippen molar-refractivity contribution in [2.24, 2.45) is 0 Å². The highest BCUT2D eigenvalue weighted by atomic mass is 35.5. The van der Waals surface area contributed by atoms with Crippen molar-refractivity contribution >= 4 is 34.8 Å². The van der Waals surface area contributed by atoms with E-state index in [-0.39, 0.29) is 5.91 Å². The third kappa shape index (κ3) is 4.50. The number of anilines is 1. The number of likely N-dealkylation sites (tertiary alicyclic amines) is 1. The molecule has 1 N–H and O–H groups in total. The van der Waals surface area contributed by atoms with E-state index in [9.17, 15) is 4.79 Å². The highest BCUT2D eigenvalue weighted by molar-refractivity contribution is 6.36. The summed E-state index contributed by atoms with van der Waals surface area (Å²) in [6.07, 6.45) is 3.91. The van der Waals surface area contributed by atoms with Crippen LogP contribution in [0.5, 0.6) is 0 Å². The molecule has 0 radical (unpaired) electrons. The van der Waals surface area contributed by atoms with Gasteiger partial charge >= 0.3 is 0 Å². The Morgan fingerprint density at radius 1 is 1.00 bits per heavy atom. The fourth-order valence-electron chi connectivity index (χ4n) is 2.94. The van der Waals surface area contributed by atoms with E-state index >= 15 is 0 Å². The third-order valence-corrected chi connectivity index (χ3v) is 4.80. The molecule has 126 valence electrons. The Bertz CT molecular complexity index is 710. The van der Waals surface area contributed by atoms with E-state index in [0.717, 1.165) is 12.2 Å². The van der Waals surface area contributed by atoms with E-state index in [1.807, 2.05) is 12.1 Å². The molecule has 3 rings (SSSR count). The number of nitrogens with zero attached hydrogens (tertiary/aromatic N) is 1. The molecular weight excluding hydrogens is 343 g/mol. The topological polar surface area (TPSA) is 32.3 Å². The molecule has 0 atom stereocenters. The third-order valence-electron chi connectivity index (χ3n) is 4.24. The van der Waals surface area contributed by atoms with Gasteiger partial charge in [-0.3, -0.25) is 9.69 Å². The van der Waals surface area contributed by atoms with Gasteiger partial charge in [0.15, 0.2) is 0 Å². The van der Waals surface area contributed by atoms with Crippen LogP contribution in [0.15, 0.2) is 42.5 Å². The number of hydrogen-bond acceptors (Lipinski definition) is 2. The average Bonchev–Trinajstić information content (AvgIpc) is 2.59. The SMILES string of the molecule is O=C(Nc1ccc(CN2CCCCC2)cc1)c1cc(Cl)ccc1Cl. The van der Waals surface area contributed by atoms with Crippen molar-refractivity contribution in [2.45, 2.75) is 25.8 Å². The monoisotopic (exact) mass is 362 g/mol. The van der Waals surface area contributed by atoms with Crippen molar-refractivity contribution in [3.63, 3.8) is 0 Å². The molecule has 0 saturated carbocycles. The van der Waals surface area contributed by atoms with Crippen molar-refractivity contribution in [3.05, 3.63) is 63.6 Å². The number of halogens is 2. The molecule has 2 aromatic rings. The summed E-state index contributed by atoms with van der Waals surface area (Å²) < 4.78 is 0. The van der Waals surface area contributed by atoms with Gasteiger partial charge in [0.2, 0.25) is 0 Å². The van der Waals surface area contributed by atoms with Crippen LogP contribution >= 0.6 is 23.2 Å². The van der Waals surface area contributed by atoms with Crippen LogP contribution in [0.3, 0.4) is 0 Å². The van der Waals surface area contributed by atoms with E-state index in [0.29, 0.717) is 15.6 Å². The summed E-state index contributed by atoms with van der Waals surface area (Å²) in [5.74, 6) is -0.258. The summed E-state index contributed by atoms with van der Waals surface area (Å²) in [5, 5.41) is 3.74. The van der Waals surface area contributed by atoms with Crippen LogP contribution in [-0.4, -0.2) is 23.9 Å². The van der Waals surface area contributed by atoms with Crippen LogP contribution in [0.4, 0.5) is 5.69 Å². The lowest BCUT2D eigenvalue weighted by atomic mass is 10.1. The quantitative estimate of drug-likeness (QED) is 0.807. The lowest BCUT2D eigenvalue weighted by molar-refractivity contribution is 0.102. The van der Waals surface area contributed by atoms with Crippen LogP contribution in [0, 0.1) is 0 Å². The molecule has 24 heavy (non-hydrogen) atoms. The number of nitrogens with one attached hydrogen (secondary N) is 1. The number of amides is 1. The summed E-state index contributed by atoms with van der Waals surface area (Å²) in [6.45, 7) is 3.31. The van der Waals surface area contributed by atoms with Gasteiger partial charge in [0.25, 0.3) is 5.91 Å². The van der Waals surface area contributed by atoms with E-state index in [2.05, 4.69) is 22.3 Å². The van der Waals surface area contributed by atoms with Gasteiger partial charge in [0.05, 0.1) is 10.6 Å². The number of rotatable bonds is 4. The number of benzene rings is 2. The molecular formula is C19H20Cl2N2O. The van der Waals surface area contributed by atoms with Crippen LogP contribution in [-0.2, 0) is 6.54 Å². The summed E-state index contributed by atoms with van der Waals surface area (Å²) in [6, 6.07) is 12.8. The molecule has 3 nitrogen and oxygen atoms in total. The van der Waals surface area contributed by atoms with E-state index in [1.165, 1.54) is 37.9 Å². The predicted molar refractivity (Wildman–Crippen MR) is 100.0 cm³/mol. The fraction of sp³-hybridized carbons (Fsp3) is 0.316. The van der Waals surface area contributed by atoms with Crippen molar-refractivity contribution < 1.29 is 4.79 Å². The standard InChI is InChI=1S/C19H20Cl2N2O/c20-15-6-9-18(21)17(12-15)19(24)22-16-7-4-14(5-8-16)13-23-10-2-1-3-11-23/h4-9,12H,1-3,10-11,13H2,(H,22,24). The second kappa shape index (κ2) is 8.02. The van der Waals surface area contributed by atoms with Gasteiger partial charge < -0.3 is 5.32 Å². The molecule has 0 bridgehead atoms. The zero-order valence-electron chi connectivity index (χ0n) is 13.4. The highest BCUT2D eigenvalue weighted by Gasteiger charge is 2.12. The summed E-state index contributed by atoms with van der Waals surface area (Å²) in [7, 11) is 0. The minimum Gasteiger partial charge on any atom is -0.322 e. The van der Waals surface area contributed by atoms with Gasteiger partial charge in [-0.25, -0.2) is 0 Å². The molecule has 1 heterocycles. The van der Waals surface area contributed by atoms with Gasteiger partial charge in [-0.2, -0.15) is 0 Å². The van der Waals surface area contributed by atoms with Gasteiger partial charge in [-0.05, 0) is 61.8 Å². The first-order valence-corrected chi connectivity index (χ1v) is 8.95. The van der Waals surface area contributed by atoms with Crippen LogP contribution < -0.4 is 5.32 Å². The highest BCUT2D eigenvalue weighted by Crippen LogP contribution is 2.22. The first-order chi connectivity index (χ1) is 11.6. The van der Waals surface area contributed by atoms with Crippen LogP contribution in [0.2, 0.25) is 10.0 Å². The second-order valence-electron chi connectivity index (χ2n) is 6.11. The summed E-state index contributed by atoms with van der Waals surface area (Å²) in [5.41, 5.74) is 2.38. The number of hydrogen-bond donors (Lipinski definition) is 1.